The van der Waals surface area contributed by atoms with Gasteiger partial charge in [-0.15, -0.1) is 0 Å². The Kier molecular flexibility index (Phi) is 7.75. The number of aromatic hydroxyl groups is 2. The van der Waals surface area contributed by atoms with E-state index in [1.54, 1.807) is 0 Å². The van der Waals surface area contributed by atoms with E-state index in [1.807, 2.05) is 24.3 Å². The molecule has 32 heavy (non-hydrogen) atoms. The lowest BCUT2D eigenvalue weighted by molar-refractivity contribution is 0.120. The molecule has 2 N–H and O–H groups in total. The maximum Gasteiger partial charge on any atom is 0.119 e. The summed E-state index contributed by atoms with van der Waals surface area (Å²) in [6, 6.07) is 13.2. The van der Waals surface area contributed by atoms with E-state index in [4.69, 9.17) is 0 Å². The zero-order chi connectivity index (χ0) is 22.5. The van der Waals surface area contributed by atoms with Gasteiger partial charge in [-0.05, 0) is 98.8 Å². The van der Waals surface area contributed by atoms with E-state index in [2.05, 4.69) is 35.8 Å². The summed E-state index contributed by atoms with van der Waals surface area (Å²) in [5.41, 5.74) is 4.99. The average molecular weight is 437 g/mol. The highest BCUT2D eigenvalue weighted by Crippen LogP contribution is 2.32. The number of hydrogen-bond donors (Lipinski definition) is 2. The van der Waals surface area contributed by atoms with Crippen LogP contribution in [0, 0.1) is 0 Å². The van der Waals surface area contributed by atoms with Crippen molar-refractivity contribution in [1.29, 1.82) is 0 Å². The van der Waals surface area contributed by atoms with Crippen molar-refractivity contribution in [1.82, 2.24) is 9.80 Å². The lowest BCUT2D eigenvalue weighted by Gasteiger charge is -2.39. The smallest absolute Gasteiger partial charge is 0.119 e. The highest BCUT2D eigenvalue weighted by atomic mass is 16.3. The summed E-state index contributed by atoms with van der Waals surface area (Å²) < 4.78 is 0. The molecule has 0 saturated carbocycles. The molecule has 2 aromatic carbocycles. The second kappa shape index (κ2) is 10.7. The topological polar surface area (TPSA) is 46.9 Å². The third-order valence-electron chi connectivity index (χ3n) is 7.59. The van der Waals surface area contributed by atoms with Gasteiger partial charge in [0.05, 0.1) is 0 Å². The van der Waals surface area contributed by atoms with Crippen molar-refractivity contribution in [2.24, 2.45) is 0 Å². The van der Waals surface area contributed by atoms with Crippen LogP contribution in [0.15, 0.2) is 36.4 Å². The van der Waals surface area contributed by atoms with Crippen LogP contribution in [0.1, 0.15) is 61.8 Å². The fourth-order valence-electron chi connectivity index (χ4n) is 5.94. The summed E-state index contributed by atoms with van der Waals surface area (Å²) in [6.07, 6.45) is 8.67. The largest absolute Gasteiger partial charge is 0.508 e. The zero-order valence-electron chi connectivity index (χ0n) is 19.9. The Hall–Kier alpha value is -2.04. The van der Waals surface area contributed by atoms with Gasteiger partial charge in [-0.2, -0.15) is 0 Å². The molecule has 0 amide bonds. The van der Waals surface area contributed by atoms with E-state index in [0.29, 0.717) is 23.6 Å². The van der Waals surface area contributed by atoms with Crippen molar-refractivity contribution in [3.05, 3.63) is 58.7 Å². The van der Waals surface area contributed by atoms with Gasteiger partial charge >= 0.3 is 0 Å². The maximum absolute atomic E-state index is 10.2. The van der Waals surface area contributed by atoms with Crippen LogP contribution in [0.25, 0.3) is 0 Å². The molecule has 4 heteroatoms. The molecule has 4 nitrogen and oxygen atoms in total. The Morgan fingerprint density at radius 2 is 1.12 bits per heavy atom. The van der Waals surface area contributed by atoms with Crippen LogP contribution in [0.5, 0.6) is 11.5 Å². The van der Waals surface area contributed by atoms with Crippen LogP contribution < -0.4 is 0 Å². The number of hydrogen-bond acceptors (Lipinski definition) is 4. The maximum atomic E-state index is 10.2. The summed E-state index contributed by atoms with van der Waals surface area (Å²) in [6.45, 7) is 9.06. The van der Waals surface area contributed by atoms with Crippen molar-refractivity contribution in [2.45, 2.75) is 77.3 Å². The summed E-state index contributed by atoms with van der Waals surface area (Å²) in [7, 11) is 0. The van der Waals surface area contributed by atoms with Crippen LogP contribution in [-0.4, -0.2) is 58.3 Å². The molecule has 0 bridgehead atoms. The zero-order valence-corrected chi connectivity index (χ0v) is 19.9. The molecular formula is C28H40N2O2. The molecule has 4 rings (SSSR count). The van der Waals surface area contributed by atoms with Crippen molar-refractivity contribution in [2.75, 3.05) is 26.2 Å². The molecule has 0 fully saturated rings. The predicted molar refractivity (Wildman–Crippen MR) is 132 cm³/mol. The highest BCUT2D eigenvalue weighted by Gasteiger charge is 2.28. The molecule has 2 aliphatic carbocycles. The Balaban J connectivity index is 1.41. The van der Waals surface area contributed by atoms with Crippen LogP contribution >= 0.6 is 0 Å². The average Bonchev–Trinajstić information content (AvgIpc) is 2.81. The fraction of sp³-hybridized carbons (Fsp3) is 0.571. The number of rotatable bonds is 9. The second-order valence-electron chi connectivity index (χ2n) is 9.69. The van der Waals surface area contributed by atoms with Gasteiger partial charge in [-0.25, -0.2) is 0 Å². The van der Waals surface area contributed by atoms with E-state index in [-0.39, 0.29) is 0 Å². The van der Waals surface area contributed by atoms with E-state index in [1.165, 1.54) is 24.0 Å². The van der Waals surface area contributed by atoms with Crippen LogP contribution in [0.2, 0.25) is 0 Å². The number of benzene rings is 2. The molecule has 174 valence electrons. The van der Waals surface area contributed by atoms with E-state index in [0.717, 1.165) is 75.8 Å². The summed E-state index contributed by atoms with van der Waals surface area (Å²) in [5, 5.41) is 20.4. The molecule has 0 aliphatic heterocycles. The monoisotopic (exact) mass is 436 g/mol. The summed E-state index contributed by atoms with van der Waals surface area (Å²) in [5.74, 6) is 0.946. The van der Waals surface area contributed by atoms with Gasteiger partial charge in [0, 0.05) is 25.2 Å². The molecule has 0 heterocycles. The van der Waals surface area contributed by atoms with E-state index < -0.39 is 0 Å². The second-order valence-corrected chi connectivity index (χ2v) is 9.69. The first-order valence-electron chi connectivity index (χ1n) is 12.7. The normalized spacial score (nSPS) is 20.4. The highest BCUT2D eigenvalue weighted by molar-refractivity contribution is 5.42. The SMILES string of the molecule is CCCN(CCN(CCC)[C@H]1CCc2c(O)cccc2C1)[C@H]1CCc2c(O)cccc2C1. The minimum Gasteiger partial charge on any atom is -0.508 e. The third-order valence-corrected chi connectivity index (χ3v) is 7.59. The molecule has 2 aliphatic rings. The van der Waals surface area contributed by atoms with Gasteiger partial charge in [-0.1, -0.05) is 38.1 Å². The van der Waals surface area contributed by atoms with Gasteiger partial charge < -0.3 is 10.2 Å². The molecule has 2 atom stereocenters. The quantitative estimate of drug-likeness (QED) is 0.585. The standard InChI is InChI=1S/C28H40N2O2/c1-3-15-29(23-11-13-25-21(19-23)7-5-9-27(25)31)17-18-30(16-4-2)24-12-14-26-22(20-24)8-6-10-28(26)32/h5-10,23-24,31-32H,3-4,11-20H2,1-2H3/t23-,24-/m0/s1. The Bertz CT molecular complexity index is 823. The lowest BCUT2D eigenvalue weighted by atomic mass is 9.86. The third kappa shape index (κ3) is 5.13. The molecule has 0 radical (unpaired) electrons. The minimum atomic E-state index is 0.473. The van der Waals surface area contributed by atoms with Crippen LogP contribution in [0.4, 0.5) is 0 Å². The van der Waals surface area contributed by atoms with Crippen LogP contribution in [0.3, 0.4) is 0 Å². The first-order chi connectivity index (χ1) is 15.6. The molecule has 2 aromatic rings. The summed E-state index contributed by atoms with van der Waals surface area (Å²) >= 11 is 0. The number of fused-ring (bicyclic) bond motifs is 2. The number of phenols is 2. The van der Waals surface area contributed by atoms with Gasteiger partial charge in [0.25, 0.3) is 0 Å². The van der Waals surface area contributed by atoms with Crippen molar-refractivity contribution < 1.29 is 10.2 Å². The van der Waals surface area contributed by atoms with E-state index in [9.17, 15) is 10.2 Å². The molecular weight excluding hydrogens is 396 g/mol. The minimum absolute atomic E-state index is 0.473. The van der Waals surface area contributed by atoms with Gasteiger partial charge in [0.2, 0.25) is 0 Å². The van der Waals surface area contributed by atoms with Crippen molar-refractivity contribution in [3.8, 4) is 11.5 Å². The molecule has 0 spiro atoms. The van der Waals surface area contributed by atoms with Gasteiger partial charge in [0.1, 0.15) is 11.5 Å². The summed E-state index contributed by atoms with van der Waals surface area (Å²) in [4.78, 5) is 5.41. The first kappa shape index (κ1) is 23.1. The Labute approximate surface area is 193 Å². The van der Waals surface area contributed by atoms with Crippen LogP contribution in [-0.2, 0) is 25.7 Å². The lowest BCUT2D eigenvalue weighted by Crippen LogP contribution is -2.47. The Morgan fingerprint density at radius 1 is 0.688 bits per heavy atom. The van der Waals surface area contributed by atoms with Gasteiger partial charge in [0.15, 0.2) is 0 Å². The number of phenolic OH excluding ortho intramolecular Hbond substituents is 2. The van der Waals surface area contributed by atoms with Crippen molar-refractivity contribution in [3.63, 3.8) is 0 Å². The molecule has 0 saturated heterocycles. The first-order valence-corrected chi connectivity index (χ1v) is 12.7. The number of nitrogens with zero attached hydrogens (tertiary/aromatic N) is 2. The fourth-order valence-corrected chi connectivity index (χ4v) is 5.94. The van der Waals surface area contributed by atoms with Crippen molar-refractivity contribution >= 4 is 0 Å². The van der Waals surface area contributed by atoms with Gasteiger partial charge in [-0.3, -0.25) is 9.80 Å². The van der Waals surface area contributed by atoms with E-state index >= 15 is 0 Å². The molecule has 0 aromatic heterocycles. The Morgan fingerprint density at radius 3 is 1.53 bits per heavy atom. The predicted octanol–water partition coefficient (Wildman–Crippen LogP) is 4.94. The molecule has 0 unspecified atom stereocenters.